The lowest BCUT2D eigenvalue weighted by Gasteiger charge is -2.54. The van der Waals surface area contributed by atoms with Crippen molar-refractivity contribution in [3.8, 4) is 0 Å². The lowest BCUT2D eigenvalue weighted by atomic mass is 9.51. The van der Waals surface area contributed by atoms with Crippen LogP contribution < -0.4 is 0 Å². The standard InChI is InChI=1S/C24H29FO5/c1-13-9-18-16-11-20(25)19-10-15(27)5-7-22(19,3)17(16)6-8-23(18,4)24(13,29)21(28)12-30-14(2)26/h5-7,10,13,16,18,20,29H,8-9,11-12H2,1-4H3/t13-,16-,18+,20+,22-,23+,24+/m1/s1. The first-order valence-corrected chi connectivity index (χ1v) is 10.6. The van der Waals surface area contributed by atoms with Crippen LogP contribution in [0.3, 0.4) is 0 Å². The van der Waals surface area contributed by atoms with Crippen molar-refractivity contribution in [3.05, 3.63) is 35.5 Å². The van der Waals surface area contributed by atoms with Crippen molar-refractivity contribution >= 4 is 17.5 Å². The maximum atomic E-state index is 15.3. The third kappa shape index (κ3) is 2.65. The summed E-state index contributed by atoms with van der Waals surface area (Å²) in [4.78, 5) is 36.1. The minimum Gasteiger partial charge on any atom is -0.458 e. The normalized spacial score (nSPS) is 44.4. The summed E-state index contributed by atoms with van der Waals surface area (Å²) in [7, 11) is 0. The van der Waals surface area contributed by atoms with Crippen LogP contribution in [-0.2, 0) is 19.1 Å². The first-order valence-electron chi connectivity index (χ1n) is 10.6. The van der Waals surface area contributed by atoms with Gasteiger partial charge in [-0.2, -0.15) is 0 Å². The second-order valence-electron chi connectivity index (χ2n) is 9.84. The predicted molar refractivity (Wildman–Crippen MR) is 108 cm³/mol. The number of alkyl halides is 1. The van der Waals surface area contributed by atoms with Crippen LogP contribution in [0.5, 0.6) is 0 Å². The number of ketones is 2. The fourth-order valence-electron chi connectivity index (χ4n) is 6.75. The lowest BCUT2D eigenvalue weighted by molar-refractivity contribution is -0.167. The summed E-state index contributed by atoms with van der Waals surface area (Å²) >= 11 is 0. The number of ether oxygens (including phenoxy) is 1. The number of aliphatic hydroxyl groups is 1. The van der Waals surface area contributed by atoms with E-state index < -0.39 is 41.0 Å². The molecule has 0 aromatic carbocycles. The molecule has 4 rings (SSSR count). The van der Waals surface area contributed by atoms with E-state index in [4.69, 9.17) is 4.74 Å². The van der Waals surface area contributed by atoms with Crippen LogP contribution in [0.25, 0.3) is 0 Å². The van der Waals surface area contributed by atoms with Crippen molar-refractivity contribution in [2.75, 3.05) is 6.61 Å². The Labute approximate surface area is 176 Å². The maximum Gasteiger partial charge on any atom is 0.303 e. The van der Waals surface area contributed by atoms with Crippen molar-refractivity contribution < 1.29 is 28.6 Å². The largest absolute Gasteiger partial charge is 0.458 e. The molecule has 0 heterocycles. The first kappa shape index (κ1) is 21.2. The van der Waals surface area contributed by atoms with Crippen LogP contribution in [0.1, 0.15) is 47.0 Å². The Kier molecular flexibility index (Phi) is 4.73. The van der Waals surface area contributed by atoms with E-state index in [0.717, 1.165) is 5.57 Å². The molecule has 0 radical (unpaired) electrons. The SMILES string of the molecule is CC(=O)OCC(=O)[C@@]1(O)[C@H](C)C[C@H]2[C@@H]3C[C@H](F)C4=CC(=O)C=C[C@]4(C)C3=CC[C@@]21C. The van der Waals surface area contributed by atoms with Gasteiger partial charge in [0, 0.05) is 17.8 Å². The Balaban J connectivity index is 1.74. The van der Waals surface area contributed by atoms with Gasteiger partial charge in [-0.25, -0.2) is 4.39 Å². The van der Waals surface area contributed by atoms with Gasteiger partial charge >= 0.3 is 5.97 Å². The lowest BCUT2D eigenvalue weighted by Crippen LogP contribution is -2.58. The van der Waals surface area contributed by atoms with E-state index in [9.17, 15) is 19.5 Å². The zero-order chi connectivity index (χ0) is 22.1. The zero-order valence-corrected chi connectivity index (χ0v) is 17.9. The fourth-order valence-corrected chi connectivity index (χ4v) is 6.75. The number of allylic oxidation sites excluding steroid dienone is 6. The molecule has 0 spiro atoms. The zero-order valence-electron chi connectivity index (χ0n) is 17.9. The highest BCUT2D eigenvalue weighted by molar-refractivity contribution is 6.01. The molecule has 0 amide bonds. The molecule has 0 unspecified atom stereocenters. The van der Waals surface area contributed by atoms with Crippen molar-refractivity contribution in [3.63, 3.8) is 0 Å². The Hall–Kier alpha value is -2.08. The van der Waals surface area contributed by atoms with Gasteiger partial charge in [0.2, 0.25) is 5.78 Å². The van der Waals surface area contributed by atoms with Gasteiger partial charge in [0.15, 0.2) is 12.4 Å². The van der Waals surface area contributed by atoms with Gasteiger partial charge in [0.25, 0.3) is 0 Å². The predicted octanol–water partition coefficient (Wildman–Crippen LogP) is 3.27. The van der Waals surface area contributed by atoms with Crippen LogP contribution in [0, 0.1) is 28.6 Å². The average molecular weight is 416 g/mol. The molecule has 162 valence electrons. The summed E-state index contributed by atoms with van der Waals surface area (Å²) in [6, 6.07) is 0. The number of hydrogen-bond donors (Lipinski definition) is 1. The van der Waals surface area contributed by atoms with E-state index >= 15 is 4.39 Å². The molecule has 4 aliphatic rings. The Morgan fingerprint density at radius 2 is 1.97 bits per heavy atom. The minimum atomic E-state index is -1.64. The van der Waals surface area contributed by atoms with Crippen LogP contribution in [0.4, 0.5) is 4.39 Å². The van der Waals surface area contributed by atoms with E-state index in [2.05, 4.69) is 0 Å². The fraction of sp³-hybridized carbons (Fsp3) is 0.625. The average Bonchev–Trinajstić information content (AvgIpc) is 2.89. The third-order valence-corrected chi connectivity index (χ3v) is 8.35. The van der Waals surface area contributed by atoms with Crippen LogP contribution in [0.15, 0.2) is 35.5 Å². The molecule has 2 fully saturated rings. The van der Waals surface area contributed by atoms with Crippen molar-refractivity contribution in [1.29, 1.82) is 0 Å². The Bertz CT molecular complexity index is 917. The summed E-state index contributed by atoms with van der Waals surface area (Å²) in [6.45, 7) is 6.47. The Morgan fingerprint density at radius 1 is 1.27 bits per heavy atom. The van der Waals surface area contributed by atoms with Crippen LogP contribution in [-0.4, -0.2) is 41.0 Å². The number of rotatable bonds is 3. The van der Waals surface area contributed by atoms with Gasteiger partial charge < -0.3 is 9.84 Å². The molecular formula is C24H29FO5. The maximum absolute atomic E-state index is 15.3. The number of carbonyl (C=O) groups excluding carboxylic acids is 3. The topological polar surface area (TPSA) is 80.7 Å². The van der Waals surface area contributed by atoms with Gasteiger partial charge in [-0.3, -0.25) is 14.4 Å². The minimum absolute atomic E-state index is 0.0820. The highest BCUT2D eigenvalue weighted by Crippen LogP contribution is 2.66. The monoisotopic (exact) mass is 416 g/mol. The Morgan fingerprint density at radius 3 is 2.63 bits per heavy atom. The number of hydrogen-bond acceptors (Lipinski definition) is 5. The van der Waals surface area contributed by atoms with Gasteiger partial charge in [-0.15, -0.1) is 0 Å². The van der Waals surface area contributed by atoms with Crippen LogP contribution in [0.2, 0.25) is 0 Å². The second-order valence-corrected chi connectivity index (χ2v) is 9.84. The van der Waals surface area contributed by atoms with E-state index in [0.29, 0.717) is 18.4 Å². The molecule has 0 bridgehead atoms. The molecule has 1 N–H and O–H groups in total. The molecule has 0 saturated heterocycles. The van der Waals surface area contributed by atoms with E-state index in [-0.39, 0.29) is 30.0 Å². The highest BCUT2D eigenvalue weighted by Gasteiger charge is 2.67. The van der Waals surface area contributed by atoms with Crippen molar-refractivity contribution in [2.24, 2.45) is 28.6 Å². The first-order chi connectivity index (χ1) is 13.9. The molecule has 0 aromatic rings. The number of esters is 1. The van der Waals surface area contributed by atoms with E-state index in [1.807, 2.05) is 26.8 Å². The summed E-state index contributed by atoms with van der Waals surface area (Å²) in [5, 5.41) is 11.6. The number of fused-ring (bicyclic) bond motifs is 5. The molecule has 0 aliphatic heterocycles. The number of Topliss-reactive ketones (excluding diaryl/α,β-unsaturated/α-hetero) is 1. The molecule has 30 heavy (non-hydrogen) atoms. The molecule has 7 atom stereocenters. The molecule has 6 heteroatoms. The number of halogens is 1. The summed E-state index contributed by atoms with van der Waals surface area (Å²) in [6.07, 6.45) is 6.83. The highest BCUT2D eigenvalue weighted by atomic mass is 19.1. The van der Waals surface area contributed by atoms with E-state index in [1.165, 1.54) is 19.1 Å². The summed E-state index contributed by atoms with van der Waals surface area (Å²) < 4.78 is 20.2. The van der Waals surface area contributed by atoms with Gasteiger partial charge in [0.05, 0.1) is 0 Å². The smallest absolute Gasteiger partial charge is 0.303 e. The van der Waals surface area contributed by atoms with E-state index in [1.54, 1.807) is 6.08 Å². The van der Waals surface area contributed by atoms with Gasteiger partial charge in [-0.1, -0.05) is 31.6 Å². The summed E-state index contributed by atoms with van der Waals surface area (Å²) in [5.74, 6) is -1.80. The quantitative estimate of drug-likeness (QED) is 0.564. The van der Waals surface area contributed by atoms with Gasteiger partial charge in [-0.05, 0) is 61.7 Å². The third-order valence-electron chi connectivity index (χ3n) is 8.35. The van der Waals surface area contributed by atoms with Crippen molar-refractivity contribution in [1.82, 2.24) is 0 Å². The van der Waals surface area contributed by atoms with Crippen molar-refractivity contribution in [2.45, 2.75) is 58.7 Å². The molecule has 4 aliphatic carbocycles. The summed E-state index contributed by atoms with van der Waals surface area (Å²) in [5.41, 5.74) is -1.48. The molecule has 0 aromatic heterocycles. The second kappa shape index (κ2) is 6.71. The molecule has 2 saturated carbocycles. The molecular weight excluding hydrogens is 387 g/mol. The van der Waals surface area contributed by atoms with Gasteiger partial charge in [0.1, 0.15) is 11.8 Å². The molecule has 5 nitrogen and oxygen atoms in total. The number of carbonyl (C=O) groups is 3. The van der Waals surface area contributed by atoms with Crippen LogP contribution >= 0.6 is 0 Å².